The van der Waals surface area contributed by atoms with Crippen molar-refractivity contribution in [3.8, 4) is 0 Å². The Bertz CT molecular complexity index is 386. The second-order valence-corrected chi connectivity index (χ2v) is 3.47. The van der Waals surface area contributed by atoms with E-state index in [0.717, 1.165) is 5.46 Å². The van der Waals surface area contributed by atoms with Crippen LogP contribution in [-0.4, -0.2) is 30.9 Å². The van der Waals surface area contributed by atoms with Crippen molar-refractivity contribution >= 4 is 24.7 Å². The van der Waals surface area contributed by atoms with Crippen LogP contribution in [0.2, 0.25) is 6.32 Å². The van der Waals surface area contributed by atoms with Crippen LogP contribution in [0.4, 0.5) is 0 Å². The van der Waals surface area contributed by atoms with Gasteiger partial charge in [0.25, 0.3) is 0 Å². The molecular formula is C12H14BO4. The molecule has 0 fully saturated rings. The molecule has 0 bridgehead atoms. The first kappa shape index (κ1) is 13.3. The first-order valence-corrected chi connectivity index (χ1v) is 5.45. The van der Waals surface area contributed by atoms with Gasteiger partial charge in [0.05, 0.1) is 12.2 Å². The van der Waals surface area contributed by atoms with Gasteiger partial charge in [-0.15, -0.1) is 0 Å². The van der Waals surface area contributed by atoms with E-state index in [2.05, 4.69) is 0 Å². The molecule has 1 aromatic rings. The maximum atomic E-state index is 11.1. The molecule has 17 heavy (non-hydrogen) atoms. The molecule has 0 aliphatic heterocycles. The second-order valence-electron chi connectivity index (χ2n) is 3.47. The topological polar surface area (TPSA) is 63.6 Å². The Kier molecular flexibility index (Phi) is 5.26. The molecule has 0 unspecified atom stereocenters. The number of esters is 1. The third kappa shape index (κ3) is 4.72. The summed E-state index contributed by atoms with van der Waals surface area (Å²) in [6.07, 6.45) is 0.930. The molecule has 0 aliphatic rings. The standard InChI is InChI=1S/C12H14BO4/c1-2-17-11(14)7-8-13-10-5-3-9(4-6-10)12(15)16/h3-6H,2,7-8H2,1H3,(H,15,16). The van der Waals surface area contributed by atoms with Crippen LogP contribution in [0, 0.1) is 0 Å². The Morgan fingerprint density at radius 1 is 1.29 bits per heavy atom. The summed E-state index contributed by atoms with van der Waals surface area (Å²) < 4.78 is 4.79. The molecule has 0 saturated carbocycles. The molecule has 1 radical (unpaired) electrons. The monoisotopic (exact) mass is 233 g/mol. The zero-order valence-corrected chi connectivity index (χ0v) is 9.68. The number of aromatic carboxylic acids is 1. The first-order valence-electron chi connectivity index (χ1n) is 5.45. The maximum Gasteiger partial charge on any atom is 0.335 e. The largest absolute Gasteiger partial charge is 0.478 e. The number of carbonyl (C=O) groups excluding carboxylic acids is 1. The predicted octanol–water partition coefficient (Wildman–Crippen LogP) is 1.09. The summed E-state index contributed by atoms with van der Waals surface area (Å²) in [6, 6.07) is 6.51. The molecule has 0 heterocycles. The number of carboxylic acid groups (broad SMARTS) is 1. The molecule has 0 aromatic heterocycles. The van der Waals surface area contributed by atoms with Gasteiger partial charge in [-0.25, -0.2) is 4.79 Å². The lowest BCUT2D eigenvalue weighted by Gasteiger charge is -2.02. The van der Waals surface area contributed by atoms with E-state index in [1.807, 2.05) is 7.28 Å². The highest BCUT2D eigenvalue weighted by Crippen LogP contribution is 1.98. The van der Waals surface area contributed by atoms with Gasteiger partial charge in [0, 0.05) is 6.42 Å². The van der Waals surface area contributed by atoms with E-state index in [0.29, 0.717) is 19.3 Å². The first-order chi connectivity index (χ1) is 8.13. The minimum Gasteiger partial charge on any atom is -0.478 e. The minimum absolute atomic E-state index is 0.217. The van der Waals surface area contributed by atoms with Gasteiger partial charge >= 0.3 is 11.9 Å². The molecule has 89 valence electrons. The molecular weight excluding hydrogens is 219 g/mol. The lowest BCUT2D eigenvalue weighted by atomic mass is 9.66. The molecule has 0 amide bonds. The van der Waals surface area contributed by atoms with E-state index in [9.17, 15) is 9.59 Å². The Hall–Kier alpha value is -1.78. The van der Waals surface area contributed by atoms with Crippen molar-refractivity contribution in [1.82, 2.24) is 0 Å². The van der Waals surface area contributed by atoms with Crippen LogP contribution in [0.3, 0.4) is 0 Å². The maximum absolute atomic E-state index is 11.1. The Balaban J connectivity index is 2.37. The molecule has 1 N–H and O–H groups in total. The molecule has 0 spiro atoms. The number of carbonyl (C=O) groups is 2. The van der Waals surface area contributed by atoms with Crippen LogP contribution in [0.5, 0.6) is 0 Å². The van der Waals surface area contributed by atoms with Crippen molar-refractivity contribution in [3.05, 3.63) is 29.8 Å². The van der Waals surface area contributed by atoms with Gasteiger partial charge in [-0.2, -0.15) is 0 Å². The number of carboxylic acids is 1. The average molecular weight is 233 g/mol. The highest BCUT2D eigenvalue weighted by atomic mass is 16.5. The zero-order chi connectivity index (χ0) is 12.7. The smallest absolute Gasteiger partial charge is 0.335 e. The van der Waals surface area contributed by atoms with Crippen LogP contribution in [0.15, 0.2) is 24.3 Å². The van der Waals surface area contributed by atoms with E-state index in [4.69, 9.17) is 9.84 Å². The van der Waals surface area contributed by atoms with E-state index in [1.54, 1.807) is 31.2 Å². The third-order valence-corrected chi connectivity index (χ3v) is 2.19. The highest BCUT2D eigenvalue weighted by molar-refractivity contribution is 6.53. The molecule has 1 aromatic carbocycles. The van der Waals surface area contributed by atoms with Gasteiger partial charge in [0.2, 0.25) is 0 Å². The zero-order valence-electron chi connectivity index (χ0n) is 9.68. The predicted molar refractivity (Wildman–Crippen MR) is 64.8 cm³/mol. The van der Waals surface area contributed by atoms with Crippen molar-refractivity contribution in [3.63, 3.8) is 0 Å². The summed E-state index contributed by atoms with van der Waals surface area (Å²) in [5.74, 6) is -1.16. The lowest BCUT2D eigenvalue weighted by molar-refractivity contribution is -0.142. The fourth-order valence-electron chi connectivity index (χ4n) is 1.35. The molecule has 0 saturated heterocycles. The van der Waals surface area contributed by atoms with Crippen LogP contribution in [0.25, 0.3) is 0 Å². The normalized spacial score (nSPS) is 9.71. The van der Waals surface area contributed by atoms with Gasteiger partial charge in [0.1, 0.15) is 0 Å². The summed E-state index contributed by atoms with van der Waals surface area (Å²) in [5.41, 5.74) is 1.16. The number of ether oxygens (including phenoxy) is 1. The Morgan fingerprint density at radius 3 is 2.47 bits per heavy atom. The van der Waals surface area contributed by atoms with Crippen molar-refractivity contribution in [1.29, 1.82) is 0 Å². The number of hydrogen-bond donors (Lipinski definition) is 1. The summed E-state index contributed by atoms with van der Waals surface area (Å²) in [7, 11) is 1.88. The second kappa shape index (κ2) is 6.73. The SMILES string of the molecule is CCOC(=O)CC[B]c1ccc(C(=O)O)cc1. The number of benzene rings is 1. The third-order valence-electron chi connectivity index (χ3n) is 2.19. The van der Waals surface area contributed by atoms with E-state index < -0.39 is 5.97 Å². The summed E-state index contributed by atoms with van der Waals surface area (Å²) in [5, 5.41) is 8.71. The molecule has 4 nitrogen and oxygen atoms in total. The van der Waals surface area contributed by atoms with Crippen LogP contribution in [0.1, 0.15) is 23.7 Å². The molecule has 1 rings (SSSR count). The average Bonchev–Trinajstić information content (AvgIpc) is 2.30. The summed E-state index contributed by atoms with van der Waals surface area (Å²) in [6.45, 7) is 2.17. The van der Waals surface area contributed by atoms with E-state index in [1.165, 1.54) is 0 Å². The van der Waals surface area contributed by atoms with E-state index >= 15 is 0 Å². The fourth-order valence-corrected chi connectivity index (χ4v) is 1.35. The van der Waals surface area contributed by atoms with Gasteiger partial charge in [0.15, 0.2) is 7.28 Å². The van der Waals surface area contributed by atoms with Gasteiger partial charge < -0.3 is 9.84 Å². The lowest BCUT2D eigenvalue weighted by Crippen LogP contribution is -2.16. The van der Waals surface area contributed by atoms with E-state index in [-0.39, 0.29) is 11.5 Å². The number of hydrogen-bond acceptors (Lipinski definition) is 3. The molecule has 5 heteroatoms. The van der Waals surface area contributed by atoms with Crippen LogP contribution < -0.4 is 5.46 Å². The van der Waals surface area contributed by atoms with Crippen molar-refractivity contribution in [2.45, 2.75) is 19.7 Å². The van der Waals surface area contributed by atoms with Crippen LogP contribution in [-0.2, 0) is 9.53 Å². The van der Waals surface area contributed by atoms with Gasteiger partial charge in [-0.1, -0.05) is 23.9 Å². The summed E-state index contributed by atoms with van der Waals surface area (Å²) >= 11 is 0. The van der Waals surface area contributed by atoms with Gasteiger partial charge in [-0.05, 0) is 19.1 Å². The van der Waals surface area contributed by atoms with Crippen molar-refractivity contribution in [2.75, 3.05) is 6.61 Å². The highest BCUT2D eigenvalue weighted by Gasteiger charge is 2.04. The van der Waals surface area contributed by atoms with Crippen LogP contribution >= 0.6 is 0 Å². The number of rotatable bonds is 6. The Morgan fingerprint density at radius 2 is 1.94 bits per heavy atom. The van der Waals surface area contributed by atoms with Gasteiger partial charge in [-0.3, -0.25) is 4.79 Å². The fraction of sp³-hybridized carbons (Fsp3) is 0.333. The minimum atomic E-state index is -0.942. The molecule has 0 atom stereocenters. The quantitative estimate of drug-likeness (QED) is 0.589. The van der Waals surface area contributed by atoms with Crippen molar-refractivity contribution in [2.24, 2.45) is 0 Å². The molecule has 0 aliphatic carbocycles. The van der Waals surface area contributed by atoms with Crippen molar-refractivity contribution < 1.29 is 19.4 Å². The summed E-state index contributed by atoms with van der Waals surface area (Å²) in [4.78, 5) is 21.7. The Labute approximate surface area is 101 Å².